The van der Waals surface area contributed by atoms with E-state index in [1.54, 1.807) is 34.8 Å². The lowest BCUT2D eigenvalue weighted by Gasteiger charge is -2.11. The van der Waals surface area contributed by atoms with Crippen molar-refractivity contribution in [1.29, 1.82) is 0 Å². The van der Waals surface area contributed by atoms with Crippen LogP contribution < -0.4 is 5.32 Å². The Bertz CT molecular complexity index is 1330. The van der Waals surface area contributed by atoms with Gasteiger partial charge in [0, 0.05) is 33.8 Å². The Morgan fingerprint density at radius 2 is 1.84 bits per heavy atom. The number of hydrogen-bond donors (Lipinski definition) is 1. The van der Waals surface area contributed by atoms with Crippen LogP contribution in [-0.2, 0) is 11.2 Å². The highest BCUT2D eigenvalue weighted by atomic mass is 35.5. The first kappa shape index (κ1) is 20.7. The predicted octanol–water partition coefficient (Wildman–Crippen LogP) is 4.45. The van der Waals surface area contributed by atoms with E-state index >= 15 is 0 Å². The summed E-state index contributed by atoms with van der Waals surface area (Å²) in [6.45, 7) is 5.21. The summed E-state index contributed by atoms with van der Waals surface area (Å²) in [6.07, 6.45) is 0.117. The fourth-order valence-corrected chi connectivity index (χ4v) is 3.62. The fourth-order valence-electron chi connectivity index (χ4n) is 3.40. The molecule has 1 amide bonds. The number of aryl methyl sites for hydroxylation is 2. The molecule has 0 aliphatic heterocycles. The van der Waals surface area contributed by atoms with Crippen LogP contribution in [0.2, 0.25) is 5.02 Å². The maximum absolute atomic E-state index is 12.7. The average molecular weight is 434 g/mol. The number of carbonyl (C=O) groups is 2. The monoisotopic (exact) mass is 433 g/mol. The lowest BCUT2D eigenvalue weighted by molar-refractivity contribution is -0.115. The fraction of sp³-hybridized carbons (Fsp3) is 0.174. The van der Waals surface area contributed by atoms with Crippen LogP contribution in [0.15, 0.2) is 48.5 Å². The highest BCUT2D eigenvalue weighted by molar-refractivity contribution is 6.33. The molecule has 0 saturated heterocycles. The predicted molar refractivity (Wildman–Crippen MR) is 119 cm³/mol. The number of carbonyl (C=O) groups excluding carboxylic acids is 2. The lowest BCUT2D eigenvalue weighted by Crippen LogP contribution is -2.18. The van der Waals surface area contributed by atoms with Crippen molar-refractivity contribution in [2.45, 2.75) is 27.2 Å². The summed E-state index contributed by atoms with van der Waals surface area (Å²) in [4.78, 5) is 33.3. The number of nitrogens with one attached hydrogen (secondary N) is 1. The normalized spacial score (nSPS) is 11.0. The number of benzene rings is 2. The van der Waals surface area contributed by atoms with Crippen molar-refractivity contribution in [1.82, 2.24) is 19.6 Å². The SMILES string of the molecule is CC(=O)c1cccc(NC(=O)Cc2c(C)nc3nc(-c4ccccc4Cl)nn3c2C)c1. The number of ketones is 1. The molecule has 4 rings (SSSR count). The molecule has 4 aromatic rings. The van der Waals surface area contributed by atoms with Crippen molar-refractivity contribution in [3.63, 3.8) is 0 Å². The summed E-state index contributed by atoms with van der Waals surface area (Å²) in [5, 5.41) is 7.96. The van der Waals surface area contributed by atoms with Gasteiger partial charge in [-0.05, 0) is 45.0 Å². The number of amides is 1. The van der Waals surface area contributed by atoms with E-state index in [4.69, 9.17) is 11.6 Å². The van der Waals surface area contributed by atoms with Gasteiger partial charge in [0.25, 0.3) is 5.78 Å². The first-order valence-electron chi connectivity index (χ1n) is 9.72. The molecule has 7 nitrogen and oxygen atoms in total. The Balaban J connectivity index is 1.63. The molecule has 156 valence electrons. The van der Waals surface area contributed by atoms with E-state index < -0.39 is 0 Å². The van der Waals surface area contributed by atoms with Gasteiger partial charge in [-0.3, -0.25) is 9.59 Å². The topological polar surface area (TPSA) is 89.2 Å². The zero-order valence-corrected chi connectivity index (χ0v) is 18.1. The van der Waals surface area contributed by atoms with Crippen molar-refractivity contribution >= 4 is 34.8 Å². The van der Waals surface area contributed by atoms with Crippen LogP contribution in [0.3, 0.4) is 0 Å². The Morgan fingerprint density at radius 3 is 2.58 bits per heavy atom. The summed E-state index contributed by atoms with van der Waals surface area (Å²) in [7, 11) is 0. The van der Waals surface area contributed by atoms with Crippen LogP contribution in [0.1, 0.15) is 34.2 Å². The molecular weight excluding hydrogens is 414 g/mol. The molecule has 0 unspecified atom stereocenters. The van der Waals surface area contributed by atoms with E-state index in [0.717, 1.165) is 16.8 Å². The average Bonchev–Trinajstić information content (AvgIpc) is 3.15. The van der Waals surface area contributed by atoms with Gasteiger partial charge >= 0.3 is 0 Å². The van der Waals surface area contributed by atoms with Crippen molar-refractivity contribution < 1.29 is 9.59 Å². The number of rotatable bonds is 5. The van der Waals surface area contributed by atoms with Crippen LogP contribution in [0, 0.1) is 13.8 Å². The van der Waals surface area contributed by atoms with Gasteiger partial charge in [0.05, 0.1) is 11.4 Å². The van der Waals surface area contributed by atoms with Crippen LogP contribution >= 0.6 is 11.6 Å². The van der Waals surface area contributed by atoms with E-state index in [1.807, 2.05) is 32.0 Å². The molecule has 1 N–H and O–H groups in total. The van der Waals surface area contributed by atoms with Crippen molar-refractivity contribution in [3.05, 3.63) is 76.1 Å². The zero-order chi connectivity index (χ0) is 22.1. The first-order valence-corrected chi connectivity index (χ1v) is 10.1. The summed E-state index contributed by atoms with van der Waals surface area (Å²) in [6, 6.07) is 14.2. The third-order valence-electron chi connectivity index (χ3n) is 5.05. The number of aromatic nitrogens is 4. The Labute approximate surface area is 184 Å². The van der Waals surface area contributed by atoms with E-state index in [1.165, 1.54) is 6.92 Å². The Hall–Kier alpha value is -3.58. The number of hydrogen-bond acceptors (Lipinski definition) is 5. The molecule has 2 aromatic carbocycles. The van der Waals surface area contributed by atoms with Gasteiger partial charge < -0.3 is 5.32 Å². The van der Waals surface area contributed by atoms with Crippen molar-refractivity contribution in [2.75, 3.05) is 5.32 Å². The Morgan fingerprint density at radius 1 is 1.06 bits per heavy atom. The second-order valence-electron chi connectivity index (χ2n) is 7.25. The standard InChI is InChI=1S/C23H20ClN5O2/c1-13-19(12-21(31)26-17-8-6-7-16(11-17)15(3)30)14(2)29-23(25-13)27-22(28-29)18-9-4-5-10-20(18)24/h4-11H,12H2,1-3H3,(H,26,31). The maximum atomic E-state index is 12.7. The van der Waals surface area contributed by atoms with Crippen molar-refractivity contribution in [3.8, 4) is 11.4 Å². The van der Waals surface area contributed by atoms with E-state index in [9.17, 15) is 9.59 Å². The minimum atomic E-state index is -0.209. The molecule has 0 bridgehead atoms. The molecule has 31 heavy (non-hydrogen) atoms. The number of halogens is 1. The molecule has 0 aliphatic carbocycles. The second-order valence-corrected chi connectivity index (χ2v) is 7.66. The highest BCUT2D eigenvalue weighted by Gasteiger charge is 2.18. The molecular formula is C23H20ClN5O2. The van der Waals surface area contributed by atoms with Gasteiger partial charge in [0.2, 0.25) is 5.91 Å². The Kier molecular flexibility index (Phi) is 5.52. The molecule has 0 atom stereocenters. The van der Waals surface area contributed by atoms with Gasteiger partial charge in [0.15, 0.2) is 11.6 Å². The van der Waals surface area contributed by atoms with Gasteiger partial charge in [0.1, 0.15) is 0 Å². The molecule has 2 heterocycles. The minimum absolute atomic E-state index is 0.0575. The molecule has 8 heteroatoms. The molecule has 0 saturated carbocycles. The zero-order valence-electron chi connectivity index (χ0n) is 17.3. The number of fused-ring (bicyclic) bond motifs is 1. The smallest absolute Gasteiger partial charge is 0.253 e. The van der Waals surface area contributed by atoms with Gasteiger partial charge in [-0.25, -0.2) is 9.50 Å². The molecule has 2 aromatic heterocycles. The summed E-state index contributed by atoms with van der Waals surface area (Å²) < 4.78 is 1.63. The third-order valence-corrected chi connectivity index (χ3v) is 5.38. The van der Waals surface area contributed by atoms with Crippen LogP contribution in [0.5, 0.6) is 0 Å². The molecule has 0 aliphatic rings. The minimum Gasteiger partial charge on any atom is -0.326 e. The lowest BCUT2D eigenvalue weighted by atomic mass is 10.1. The molecule has 0 fully saturated rings. The van der Waals surface area contributed by atoms with Crippen LogP contribution in [-0.4, -0.2) is 31.3 Å². The number of Topliss-reactive ketones (excluding diaryl/α,β-unsaturated/α-hetero) is 1. The van der Waals surface area contributed by atoms with Crippen LogP contribution in [0.25, 0.3) is 17.2 Å². The highest BCUT2D eigenvalue weighted by Crippen LogP contribution is 2.26. The molecule has 0 radical (unpaired) electrons. The molecule has 0 spiro atoms. The van der Waals surface area contributed by atoms with E-state index in [-0.39, 0.29) is 18.1 Å². The number of anilines is 1. The first-order chi connectivity index (χ1) is 14.8. The third kappa shape index (κ3) is 4.18. The van der Waals surface area contributed by atoms with Gasteiger partial charge in [-0.2, -0.15) is 4.98 Å². The van der Waals surface area contributed by atoms with Crippen LogP contribution in [0.4, 0.5) is 5.69 Å². The largest absolute Gasteiger partial charge is 0.326 e. The quantitative estimate of drug-likeness (QED) is 0.470. The summed E-state index contributed by atoms with van der Waals surface area (Å²) in [5.74, 6) is 0.656. The number of nitrogens with zero attached hydrogens (tertiary/aromatic N) is 4. The van der Waals surface area contributed by atoms with E-state index in [0.29, 0.717) is 33.6 Å². The van der Waals surface area contributed by atoms with E-state index in [2.05, 4.69) is 20.4 Å². The maximum Gasteiger partial charge on any atom is 0.253 e. The van der Waals surface area contributed by atoms with Crippen molar-refractivity contribution in [2.24, 2.45) is 0 Å². The van der Waals surface area contributed by atoms with Gasteiger partial charge in [-0.15, -0.1) is 5.10 Å². The summed E-state index contributed by atoms with van der Waals surface area (Å²) >= 11 is 6.28. The van der Waals surface area contributed by atoms with Gasteiger partial charge in [-0.1, -0.05) is 35.9 Å². The second kappa shape index (κ2) is 8.28. The summed E-state index contributed by atoms with van der Waals surface area (Å²) in [5.41, 5.74) is 4.09.